The first-order valence-corrected chi connectivity index (χ1v) is 8.68. The Bertz CT molecular complexity index is 938. The highest BCUT2D eigenvalue weighted by atomic mass is 35.5. The van der Waals surface area contributed by atoms with Crippen molar-refractivity contribution >= 4 is 47.5 Å². The fourth-order valence-corrected chi connectivity index (χ4v) is 2.97. The second kappa shape index (κ2) is 9.75. The van der Waals surface area contributed by atoms with E-state index >= 15 is 0 Å². The number of methoxy groups -OCH3 is 1. The van der Waals surface area contributed by atoms with Gasteiger partial charge in [-0.25, -0.2) is 9.97 Å². The molecule has 2 aromatic heterocycles. The number of benzene rings is 1. The molecule has 3 N–H and O–H groups in total. The third-order valence-electron chi connectivity index (χ3n) is 3.74. The van der Waals surface area contributed by atoms with Crippen LogP contribution in [-0.2, 0) is 11.2 Å². The number of nitrogens with one attached hydrogen (secondary N) is 1. The summed E-state index contributed by atoms with van der Waals surface area (Å²) in [5, 5.41) is 3.47. The molecule has 3 rings (SSSR count). The van der Waals surface area contributed by atoms with Gasteiger partial charge in [-0.3, -0.25) is 10.1 Å². The second-order valence-electron chi connectivity index (χ2n) is 5.56. The summed E-state index contributed by atoms with van der Waals surface area (Å²) < 4.78 is 11.0. The summed E-state index contributed by atoms with van der Waals surface area (Å²) in [5.74, 6) is 1.67. The Morgan fingerprint density at radius 2 is 1.86 bits per heavy atom. The Kier molecular flexibility index (Phi) is 7.65. The van der Waals surface area contributed by atoms with Crippen LogP contribution in [0.5, 0.6) is 5.75 Å². The van der Waals surface area contributed by atoms with Crippen LogP contribution in [-0.4, -0.2) is 29.5 Å². The number of carbonyl (C=O) groups excluding carboxylic acids is 1. The van der Waals surface area contributed by atoms with E-state index in [1.807, 2.05) is 6.07 Å². The number of furan rings is 1. The van der Waals surface area contributed by atoms with Gasteiger partial charge in [-0.1, -0.05) is 23.2 Å². The molecule has 3 aromatic rings. The lowest BCUT2D eigenvalue weighted by atomic mass is 10.1. The van der Waals surface area contributed by atoms with Crippen molar-refractivity contribution in [2.75, 3.05) is 19.0 Å². The van der Waals surface area contributed by atoms with Gasteiger partial charge in [0, 0.05) is 28.9 Å². The standard InChI is InChI=1S/C18H16Cl2N4O3.ClH/c1-26-12-5-14(19)13(15(20)6-12)4-11-2-3-16(27-11)10-8-22-18(23-9-10)24-17(25)7-21;/h2-3,5-6,8-9H,4,7,21H2,1H3,(H,22,23,24,25);1H. The lowest BCUT2D eigenvalue weighted by Crippen LogP contribution is -2.22. The number of carbonyl (C=O) groups is 1. The maximum Gasteiger partial charge on any atom is 0.240 e. The maximum atomic E-state index is 11.2. The van der Waals surface area contributed by atoms with Gasteiger partial charge >= 0.3 is 0 Å². The van der Waals surface area contributed by atoms with Crippen LogP contribution < -0.4 is 15.8 Å². The quantitative estimate of drug-likeness (QED) is 0.597. The van der Waals surface area contributed by atoms with Gasteiger partial charge < -0.3 is 14.9 Å². The van der Waals surface area contributed by atoms with Crippen LogP contribution in [0.4, 0.5) is 5.95 Å². The number of amides is 1. The first-order valence-electron chi connectivity index (χ1n) is 7.93. The van der Waals surface area contributed by atoms with Gasteiger partial charge in [0.15, 0.2) is 0 Å². The van der Waals surface area contributed by atoms with E-state index in [-0.39, 0.29) is 30.8 Å². The number of aromatic nitrogens is 2. The molecule has 28 heavy (non-hydrogen) atoms. The largest absolute Gasteiger partial charge is 0.497 e. The minimum atomic E-state index is -0.365. The fourth-order valence-electron chi connectivity index (χ4n) is 2.36. The van der Waals surface area contributed by atoms with Crippen molar-refractivity contribution in [1.82, 2.24) is 9.97 Å². The summed E-state index contributed by atoms with van der Waals surface area (Å²) >= 11 is 12.6. The third kappa shape index (κ3) is 5.14. The Hall–Kier alpha value is -2.32. The Balaban J connectivity index is 0.00000280. The molecule has 0 saturated heterocycles. The van der Waals surface area contributed by atoms with Gasteiger partial charge in [0.25, 0.3) is 0 Å². The Morgan fingerprint density at radius 1 is 1.21 bits per heavy atom. The van der Waals surface area contributed by atoms with Crippen LogP contribution in [0.2, 0.25) is 10.0 Å². The van der Waals surface area contributed by atoms with Gasteiger partial charge in [-0.2, -0.15) is 0 Å². The number of nitrogens with zero attached hydrogens (tertiary/aromatic N) is 2. The monoisotopic (exact) mass is 442 g/mol. The fraction of sp³-hybridized carbons (Fsp3) is 0.167. The van der Waals surface area contributed by atoms with E-state index in [0.29, 0.717) is 39.3 Å². The van der Waals surface area contributed by atoms with Gasteiger partial charge in [0.2, 0.25) is 11.9 Å². The number of ether oxygens (including phenoxy) is 1. The summed E-state index contributed by atoms with van der Waals surface area (Å²) in [6.07, 6.45) is 3.53. The molecule has 10 heteroatoms. The summed E-state index contributed by atoms with van der Waals surface area (Å²) in [7, 11) is 1.55. The summed E-state index contributed by atoms with van der Waals surface area (Å²) in [6, 6.07) is 7.04. The van der Waals surface area contributed by atoms with Gasteiger partial charge in [-0.05, 0) is 29.8 Å². The molecule has 1 amide bonds. The van der Waals surface area contributed by atoms with Gasteiger partial charge in [0.05, 0.1) is 19.2 Å². The highest BCUT2D eigenvalue weighted by Crippen LogP contribution is 2.33. The minimum Gasteiger partial charge on any atom is -0.497 e. The number of hydrogen-bond acceptors (Lipinski definition) is 6. The van der Waals surface area contributed by atoms with Crippen LogP contribution in [0.15, 0.2) is 41.1 Å². The molecule has 0 unspecified atom stereocenters. The molecule has 0 radical (unpaired) electrons. The van der Waals surface area contributed by atoms with E-state index in [1.54, 1.807) is 37.7 Å². The summed E-state index contributed by atoms with van der Waals surface area (Å²) in [5.41, 5.74) is 6.65. The van der Waals surface area contributed by atoms with Crippen molar-refractivity contribution in [3.8, 4) is 17.1 Å². The average Bonchev–Trinajstić information content (AvgIpc) is 3.13. The van der Waals surface area contributed by atoms with E-state index in [2.05, 4.69) is 15.3 Å². The van der Waals surface area contributed by atoms with Crippen molar-refractivity contribution in [1.29, 1.82) is 0 Å². The van der Waals surface area contributed by atoms with Crippen molar-refractivity contribution in [2.45, 2.75) is 6.42 Å². The SMILES string of the molecule is COc1cc(Cl)c(Cc2ccc(-c3cnc(NC(=O)CN)nc3)o2)c(Cl)c1.Cl. The van der Waals surface area contributed by atoms with Crippen molar-refractivity contribution in [2.24, 2.45) is 5.73 Å². The molecule has 0 saturated carbocycles. The van der Waals surface area contributed by atoms with Crippen LogP contribution in [0.3, 0.4) is 0 Å². The van der Waals surface area contributed by atoms with Crippen LogP contribution in [0.25, 0.3) is 11.3 Å². The van der Waals surface area contributed by atoms with E-state index in [9.17, 15) is 4.79 Å². The lowest BCUT2D eigenvalue weighted by Gasteiger charge is -2.08. The molecule has 0 aliphatic heterocycles. The number of nitrogens with two attached hydrogens (primary N) is 1. The number of anilines is 1. The smallest absolute Gasteiger partial charge is 0.240 e. The van der Waals surface area contributed by atoms with Crippen molar-refractivity contribution in [3.05, 3.63) is 58.0 Å². The predicted molar refractivity (Wildman–Crippen MR) is 110 cm³/mol. The molecule has 0 atom stereocenters. The molecule has 0 spiro atoms. The number of halogens is 3. The minimum absolute atomic E-state index is 0. The van der Waals surface area contributed by atoms with E-state index in [0.717, 1.165) is 5.56 Å². The van der Waals surface area contributed by atoms with Gasteiger partial charge in [0.1, 0.15) is 17.3 Å². The Labute approximate surface area is 177 Å². The highest BCUT2D eigenvalue weighted by Gasteiger charge is 2.13. The number of hydrogen-bond donors (Lipinski definition) is 2. The molecule has 148 valence electrons. The molecular weight excluding hydrogens is 427 g/mol. The van der Waals surface area contributed by atoms with Crippen molar-refractivity contribution < 1.29 is 13.9 Å². The first kappa shape index (κ1) is 22.0. The zero-order valence-corrected chi connectivity index (χ0v) is 17.1. The topological polar surface area (TPSA) is 103 Å². The summed E-state index contributed by atoms with van der Waals surface area (Å²) in [4.78, 5) is 19.4. The number of rotatable bonds is 6. The zero-order valence-electron chi connectivity index (χ0n) is 14.7. The summed E-state index contributed by atoms with van der Waals surface area (Å²) in [6.45, 7) is -0.136. The van der Waals surface area contributed by atoms with E-state index in [4.69, 9.17) is 38.1 Å². The molecule has 7 nitrogen and oxygen atoms in total. The second-order valence-corrected chi connectivity index (χ2v) is 6.37. The lowest BCUT2D eigenvalue weighted by molar-refractivity contribution is -0.114. The molecule has 0 aliphatic carbocycles. The molecule has 2 heterocycles. The Morgan fingerprint density at radius 3 is 2.43 bits per heavy atom. The molecule has 0 aliphatic rings. The third-order valence-corrected chi connectivity index (χ3v) is 4.41. The van der Waals surface area contributed by atoms with Gasteiger partial charge in [-0.15, -0.1) is 12.4 Å². The predicted octanol–water partition coefficient (Wildman–Crippen LogP) is 3.96. The molecule has 0 bridgehead atoms. The van der Waals surface area contributed by atoms with Crippen LogP contribution in [0.1, 0.15) is 11.3 Å². The average molecular weight is 444 g/mol. The molecule has 0 fully saturated rings. The molecular formula is C18H17Cl3N4O3. The first-order chi connectivity index (χ1) is 13.0. The molecule has 1 aromatic carbocycles. The maximum absolute atomic E-state index is 11.2. The highest BCUT2D eigenvalue weighted by molar-refractivity contribution is 6.36. The van der Waals surface area contributed by atoms with E-state index < -0.39 is 0 Å². The van der Waals surface area contributed by atoms with E-state index in [1.165, 1.54) is 0 Å². The normalized spacial score (nSPS) is 10.3. The zero-order chi connectivity index (χ0) is 19.4. The van der Waals surface area contributed by atoms with Crippen LogP contribution >= 0.6 is 35.6 Å². The van der Waals surface area contributed by atoms with Crippen molar-refractivity contribution in [3.63, 3.8) is 0 Å². The van der Waals surface area contributed by atoms with Crippen LogP contribution in [0, 0.1) is 0 Å².